The van der Waals surface area contributed by atoms with E-state index in [4.69, 9.17) is 16.7 Å². The Bertz CT molecular complexity index is 812. The summed E-state index contributed by atoms with van der Waals surface area (Å²) in [6.07, 6.45) is 0.842. The Morgan fingerprint density at radius 2 is 2.00 bits per heavy atom. The summed E-state index contributed by atoms with van der Waals surface area (Å²) in [6.45, 7) is 0.716. The molecule has 0 spiro atoms. The lowest BCUT2D eigenvalue weighted by Crippen LogP contribution is -2.05. The molecular formula is C16H14ClN3O2. The van der Waals surface area contributed by atoms with Gasteiger partial charge < -0.3 is 15.4 Å². The average Bonchev–Trinajstić information content (AvgIpc) is 2.91. The van der Waals surface area contributed by atoms with E-state index in [0.29, 0.717) is 18.0 Å². The molecule has 0 fully saturated rings. The molecule has 1 heterocycles. The molecule has 0 aliphatic rings. The summed E-state index contributed by atoms with van der Waals surface area (Å²) in [4.78, 5) is 18.4. The Kier molecular flexibility index (Phi) is 3.98. The van der Waals surface area contributed by atoms with E-state index in [1.54, 1.807) is 18.2 Å². The van der Waals surface area contributed by atoms with Crippen LogP contribution in [0.5, 0.6) is 0 Å². The normalized spacial score (nSPS) is 10.8. The number of carbonyl (C=O) groups is 1. The number of nitrogens with zero attached hydrogens (tertiary/aromatic N) is 1. The summed E-state index contributed by atoms with van der Waals surface area (Å²) in [5, 5.41) is 12.9. The van der Waals surface area contributed by atoms with Crippen LogP contribution in [-0.4, -0.2) is 27.6 Å². The van der Waals surface area contributed by atoms with Gasteiger partial charge in [0.1, 0.15) is 0 Å². The second-order valence-electron chi connectivity index (χ2n) is 4.93. The van der Waals surface area contributed by atoms with Crippen LogP contribution < -0.4 is 5.32 Å². The van der Waals surface area contributed by atoms with Crippen molar-refractivity contribution in [2.24, 2.45) is 0 Å². The third kappa shape index (κ3) is 3.20. The van der Waals surface area contributed by atoms with E-state index < -0.39 is 5.97 Å². The second-order valence-corrected chi connectivity index (χ2v) is 5.36. The molecule has 0 aliphatic carbocycles. The van der Waals surface area contributed by atoms with Gasteiger partial charge >= 0.3 is 5.97 Å². The Balaban J connectivity index is 1.66. The molecule has 3 rings (SSSR count). The van der Waals surface area contributed by atoms with Crippen LogP contribution in [0.25, 0.3) is 11.0 Å². The van der Waals surface area contributed by atoms with Gasteiger partial charge in [-0.2, -0.15) is 0 Å². The van der Waals surface area contributed by atoms with E-state index in [2.05, 4.69) is 15.3 Å². The Morgan fingerprint density at radius 3 is 2.73 bits per heavy atom. The molecule has 0 amide bonds. The number of hydrogen-bond donors (Lipinski definition) is 3. The minimum Gasteiger partial charge on any atom is -0.478 e. The minimum atomic E-state index is -0.950. The number of carboxylic acid groups (broad SMARTS) is 1. The molecule has 3 aromatic rings. The molecule has 0 radical (unpaired) electrons. The maximum atomic E-state index is 10.9. The van der Waals surface area contributed by atoms with Gasteiger partial charge in [0.25, 0.3) is 0 Å². The van der Waals surface area contributed by atoms with Crippen molar-refractivity contribution in [1.82, 2.24) is 9.97 Å². The molecule has 6 heteroatoms. The number of carboxylic acids is 1. The number of H-pyrrole nitrogens is 1. The summed E-state index contributed by atoms with van der Waals surface area (Å²) >= 11 is 5.85. The monoisotopic (exact) mass is 315 g/mol. The fraction of sp³-hybridized carbons (Fsp3) is 0.125. The van der Waals surface area contributed by atoms with Gasteiger partial charge in [-0.05, 0) is 42.3 Å². The minimum absolute atomic E-state index is 0.240. The lowest BCUT2D eigenvalue weighted by molar-refractivity contribution is 0.0697. The van der Waals surface area contributed by atoms with Crippen molar-refractivity contribution in [3.8, 4) is 0 Å². The summed E-state index contributed by atoms with van der Waals surface area (Å²) in [6, 6.07) is 12.5. The summed E-state index contributed by atoms with van der Waals surface area (Å²) in [5.41, 5.74) is 2.86. The van der Waals surface area contributed by atoms with Crippen LogP contribution in [0.2, 0.25) is 5.02 Å². The number of hydrogen-bond acceptors (Lipinski definition) is 3. The second kappa shape index (κ2) is 6.07. The first-order valence-electron chi connectivity index (χ1n) is 6.83. The number of aromatic carboxylic acids is 1. The molecule has 0 aliphatic heterocycles. The number of imidazole rings is 1. The van der Waals surface area contributed by atoms with Crippen LogP contribution in [-0.2, 0) is 6.42 Å². The van der Waals surface area contributed by atoms with Crippen molar-refractivity contribution in [1.29, 1.82) is 0 Å². The first kappa shape index (κ1) is 14.4. The van der Waals surface area contributed by atoms with Crippen molar-refractivity contribution in [3.63, 3.8) is 0 Å². The predicted molar refractivity (Wildman–Crippen MR) is 86.7 cm³/mol. The van der Waals surface area contributed by atoms with Crippen LogP contribution in [0.3, 0.4) is 0 Å². The van der Waals surface area contributed by atoms with Crippen LogP contribution >= 0.6 is 11.6 Å². The molecule has 0 atom stereocenters. The van der Waals surface area contributed by atoms with Gasteiger partial charge in [0.05, 0.1) is 16.6 Å². The van der Waals surface area contributed by atoms with E-state index in [0.717, 1.165) is 17.0 Å². The van der Waals surface area contributed by atoms with Crippen molar-refractivity contribution in [2.45, 2.75) is 6.42 Å². The van der Waals surface area contributed by atoms with Crippen LogP contribution in [0.1, 0.15) is 15.9 Å². The van der Waals surface area contributed by atoms with Crippen molar-refractivity contribution < 1.29 is 9.90 Å². The first-order valence-corrected chi connectivity index (χ1v) is 7.21. The fourth-order valence-corrected chi connectivity index (χ4v) is 2.33. The molecule has 0 bridgehead atoms. The van der Waals surface area contributed by atoms with Gasteiger partial charge in [-0.25, -0.2) is 9.78 Å². The van der Waals surface area contributed by atoms with E-state index in [-0.39, 0.29) is 5.56 Å². The molecule has 0 saturated heterocycles. The molecule has 0 saturated carbocycles. The van der Waals surface area contributed by atoms with Crippen LogP contribution in [0, 0.1) is 0 Å². The summed E-state index contributed by atoms with van der Waals surface area (Å²) in [5.74, 6) is -0.319. The highest BCUT2D eigenvalue weighted by atomic mass is 35.5. The maximum Gasteiger partial charge on any atom is 0.335 e. The van der Waals surface area contributed by atoms with Crippen LogP contribution in [0.4, 0.5) is 5.95 Å². The number of aromatic nitrogens is 2. The molecular weight excluding hydrogens is 302 g/mol. The lowest BCUT2D eigenvalue weighted by Gasteiger charge is -2.03. The summed E-state index contributed by atoms with van der Waals surface area (Å²) < 4.78 is 0. The highest BCUT2D eigenvalue weighted by Gasteiger charge is 2.07. The quantitative estimate of drug-likeness (QED) is 0.672. The molecule has 112 valence electrons. The van der Waals surface area contributed by atoms with Gasteiger partial charge in [0.15, 0.2) is 0 Å². The van der Waals surface area contributed by atoms with Gasteiger partial charge in [-0.1, -0.05) is 23.7 Å². The van der Waals surface area contributed by atoms with Crippen molar-refractivity contribution in [3.05, 3.63) is 58.6 Å². The highest BCUT2D eigenvalue weighted by molar-refractivity contribution is 6.30. The Morgan fingerprint density at radius 1 is 1.23 bits per heavy atom. The molecule has 3 N–H and O–H groups in total. The van der Waals surface area contributed by atoms with E-state index >= 15 is 0 Å². The maximum absolute atomic E-state index is 10.9. The standard InChI is InChI=1S/C16H14ClN3O2/c17-12-4-1-10(2-5-12)7-8-18-16-19-13-6-3-11(15(21)22)9-14(13)20-16/h1-6,9H,7-8H2,(H,21,22)(H2,18,19,20). The highest BCUT2D eigenvalue weighted by Crippen LogP contribution is 2.16. The third-order valence-corrected chi connectivity index (χ3v) is 3.60. The largest absolute Gasteiger partial charge is 0.478 e. The lowest BCUT2D eigenvalue weighted by atomic mass is 10.1. The number of nitrogens with one attached hydrogen (secondary N) is 2. The number of rotatable bonds is 5. The third-order valence-electron chi connectivity index (χ3n) is 3.35. The van der Waals surface area contributed by atoms with Gasteiger partial charge in [0.2, 0.25) is 5.95 Å². The molecule has 2 aromatic carbocycles. The molecule has 1 aromatic heterocycles. The smallest absolute Gasteiger partial charge is 0.335 e. The number of fused-ring (bicyclic) bond motifs is 1. The Hall–Kier alpha value is -2.53. The van der Waals surface area contributed by atoms with Crippen molar-refractivity contribution in [2.75, 3.05) is 11.9 Å². The van der Waals surface area contributed by atoms with Crippen LogP contribution in [0.15, 0.2) is 42.5 Å². The van der Waals surface area contributed by atoms with Gasteiger partial charge in [0, 0.05) is 11.6 Å². The predicted octanol–water partition coefficient (Wildman–Crippen LogP) is 3.57. The molecule has 5 nitrogen and oxygen atoms in total. The zero-order valence-corrected chi connectivity index (χ0v) is 12.4. The number of benzene rings is 2. The van der Waals surface area contributed by atoms with Gasteiger partial charge in [-0.3, -0.25) is 0 Å². The molecule has 0 unspecified atom stereocenters. The first-order chi connectivity index (χ1) is 10.6. The van der Waals surface area contributed by atoms with Gasteiger partial charge in [-0.15, -0.1) is 0 Å². The summed E-state index contributed by atoms with van der Waals surface area (Å²) in [7, 11) is 0. The van der Waals surface area contributed by atoms with E-state index in [1.165, 1.54) is 5.56 Å². The fourth-order valence-electron chi connectivity index (χ4n) is 2.20. The molecule has 22 heavy (non-hydrogen) atoms. The topological polar surface area (TPSA) is 78.0 Å². The SMILES string of the molecule is O=C(O)c1ccc2nc(NCCc3ccc(Cl)cc3)[nH]c2c1. The van der Waals surface area contributed by atoms with E-state index in [9.17, 15) is 4.79 Å². The zero-order valence-electron chi connectivity index (χ0n) is 11.6. The van der Waals surface area contributed by atoms with E-state index in [1.807, 2.05) is 24.3 Å². The Labute approximate surface area is 132 Å². The number of anilines is 1. The van der Waals surface area contributed by atoms with Crippen molar-refractivity contribution >= 4 is 34.6 Å². The number of aromatic amines is 1. The average molecular weight is 316 g/mol. The zero-order chi connectivity index (χ0) is 15.5. The number of halogens is 1.